The molecule has 1 atom stereocenters. The van der Waals surface area contributed by atoms with Crippen molar-refractivity contribution in [1.29, 1.82) is 0 Å². The highest BCUT2D eigenvalue weighted by Crippen LogP contribution is 2.32. The second-order valence-corrected chi connectivity index (χ2v) is 9.69. The van der Waals surface area contributed by atoms with Gasteiger partial charge in [-0.1, -0.05) is 91.0 Å². The standard InChI is InChI=1S/C33H33N3O/c1-24-12-9-10-18-28(24)30(31-23-35-33-25(2)13-11-21-36(31)33)22-32(37)34-20-19-29(26-14-5-3-6-15-26)27-16-7-4-8-17-27/h3-18,21,23,29-30H,19-20,22H2,1-2H3,(H,34,37). The third-order valence-corrected chi connectivity index (χ3v) is 7.23. The number of hydrogen-bond acceptors (Lipinski definition) is 2. The third-order valence-electron chi connectivity index (χ3n) is 7.23. The quantitative estimate of drug-likeness (QED) is 0.248. The van der Waals surface area contributed by atoms with Crippen LogP contribution in [0.3, 0.4) is 0 Å². The summed E-state index contributed by atoms with van der Waals surface area (Å²) in [6.07, 6.45) is 5.17. The summed E-state index contributed by atoms with van der Waals surface area (Å²) in [5, 5.41) is 3.23. The molecule has 186 valence electrons. The molecule has 4 nitrogen and oxygen atoms in total. The lowest BCUT2D eigenvalue weighted by Crippen LogP contribution is -2.28. The van der Waals surface area contributed by atoms with Gasteiger partial charge in [0.05, 0.1) is 5.69 Å². The molecule has 0 spiro atoms. The van der Waals surface area contributed by atoms with Crippen LogP contribution < -0.4 is 5.32 Å². The normalized spacial score (nSPS) is 12.1. The van der Waals surface area contributed by atoms with E-state index < -0.39 is 0 Å². The van der Waals surface area contributed by atoms with E-state index in [1.165, 1.54) is 16.7 Å². The molecule has 1 amide bonds. The van der Waals surface area contributed by atoms with Crippen molar-refractivity contribution in [1.82, 2.24) is 14.7 Å². The van der Waals surface area contributed by atoms with Gasteiger partial charge in [0.25, 0.3) is 0 Å². The number of amides is 1. The van der Waals surface area contributed by atoms with E-state index in [2.05, 4.69) is 95.3 Å². The first-order valence-electron chi connectivity index (χ1n) is 13.0. The maximum atomic E-state index is 13.4. The summed E-state index contributed by atoms with van der Waals surface area (Å²) in [5.41, 5.74) is 7.96. The Morgan fingerprint density at radius 2 is 1.41 bits per heavy atom. The number of nitrogens with one attached hydrogen (secondary N) is 1. The summed E-state index contributed by atoms with van der Waals surface area (Å²) < 4.78 is 2.13. The summed E-state index contributed by atoms with van der Waals surface area (Å²) in [5.74, 6) is 0.199. The summed E-state index contributed by atoms with van der Waals surface area (Å²) in [6, 6.07) is 33.5. The molecule has 2 heterocycles. The molecule has 4 heteroatoms. The molecule has 0 radical (unpaired) electrons. The van der Waals surface area contributed by atoms with E-state index in [0.29, 0.717) is 13.0 Å². The van der Waals surface area contributed by atoms with Gasteiger partial charge in [-0.3, -0.25) is 4.79 Å². The zero-order valence-electron chi connectivity index (χ0n) is 21.5. The van der Waals surface area contributed by atoms with Crippen LogP contribution in [0.25, 0.3) is 5.65 Å². The maximum Gasteiger partial charge on any atom is 0.221 e. The highest BCUT2D eigenvalue weighted by Gasteiger charge is 2.24. The second kappa shape index (κ2) is 11.3. The lowest BCUT2D eigenvalue weighted by Gasteiger charge is -2.21. The van der Waals surface area contributed by atoms with Gasteiger partial charge in [-0.25, -0.2) is 4.98 Å². The van der Waals surface area contributed by atoms with Crippen LogP contribution in [0.4, 0.5) is 0 Å². The number of imidazole rings is 1. The first-order chi connectivity index (χ1) is 18.1. The smallest absolute Gasteiger partial charge is 0.221 e. The zero-order chi connectivity index (χ0) is 25.6. The molecule has 1 unspecified atom stereocenters. The van der Waals surface area contributed by atoms with Crippen molar-refractivity contribution < 1.29 is 4.79 Å². The minimum absolute atomic E-state index is 0.0516. The van der Waals surface area contributed by atoms with Crippen molar-refractivity contribution in [2.24, 2.45) is 0 Å². The number of rotatable bonds is 9. The van der Waals surface area contributed by atoms with Gasteiger partial charge >= 0.3 is 0 Å². The number of nitrogens with zero attached hydrogens (tertiary/aromatic N) is 2. The van der Waals surface area contributed by atoms with E-state index in [1.54, 1.807) is 0 Å². The van der Waals surface area contributed by atoms with Gasteiger partial charge in [0.2, 0.25) is 5.91 Å². The minimum atomic E-state index is -0.0861. The second-order valence-electron chi connectivity index (χ2n) is 9.69. The predicted molar refractivity (Wildman–Crippen MR) is 150 cm³/mol. The van der Waals surface area contributed by atoms with E-state index in [1.807, 2.05) is 42.7 Å². The fourth-order valence-electron chi connectivity index (χ4n) is 5.29. The van der Waals surface area contributed by atoms with Crippen molar-refractivity contribution in [3.63, 3.8) is 0 Å². The maximum absolute atomic E-state index is 13.4. The Balaban J connectivity index is 1.35. The summed E-state index contributed by atoms with van der Waals surface area (Å²) in [4.78, 5) is 18.0. The van der Waals surface area contributed by atoms with Crippen molar-refractivity contribution in [3.05, 3.63) is 143 Å². The van der Waals surface area contributed by atoms with Crippen molar-refractivity contribution in [2.75, 3.05) is 6.54 Å². The molecule has 2 aromatic heterocycles. The fourth-order valence-corrected chi connectivity index (χ4v) is 5.29. The van der Waals surface area contributed by atoms with Gasteiger partial charge in [0.15, 0.2) is 0 Å². The van der Waals surface area contributed by atoms with Crippen LogP contribution in [0.5, 0.6) is 0 Å². The lowest BCUT2D eigenvalue weighted by atomic mass is 9.88. The van der Waals surface area contributed by atoms with Gasteiger partial charge in [0.1, 0.15) is 5.65 Å². The van der Waals surface area contributed by atoms with Crippen LogP contribution in [0.1, 0.15) is 58.2 Å². The fraction of sp³-hybridized carbons (Fsp3) is 0.212. The molecule has 5 rings (SSSR count). The number of aryl methyl sites for hydroxylation is 2. The van der Waals surface area contributed by atoms with Crippen LogP contribution >= 0.6 is 0 Å². The molecule has 1 N–H and O–H groups in total. The summed E-state index contributed by atoms with van der Waals surface area (Å²) >= 11 is 0. The third kappa shape index (κ3) is 5.49. The first kappa shape index (κ1) is 24.5. The lowest BCUT2D eigenvalue weighted by molar-refractivity contribution is -0.121. The SMILES string of the molecule is Cc1ccccc1C(CC(=O)NCCC(c1ccccc1)c1ccccc1)c1cnc2c(C)cccn12. The Labute approximate surface area is 219 Å². The molecule has 0 aliphatic heterocycles. The highest BCUT2D eigenvalue weighted by molar-refractivity contribution is 5.77. The molecular formula is C33H33N3O. The van der Waals surface area contributed by atoms with Crippen LogP contribution in [0, 0.1) is 13.8 Å². The zero-order valence-corrected chi connectivity index (χ0v) is 21.5. The van der Waals surface area contributed by atoms with Crippen LogP contribution in [-0.2, 0) is 4.79 Å². The Kier molecular flexibility index (Phi) is 7.46. The number of benzene rings is 3. The molecule has 0 saturated heterocycles. The largest absolute Gasteiger partial charge is 0.356 e. The van der Waals surface area contributed by atoms with Gasteiger partial charge in [0, 0.05) is 37.2 Å². The molecule has 0 fully saturated rings. The van der Waals surface area contributed by atoms with E-state index in [-0.39, 0.29) is 17.7 Å². The van der Waals surface area contributed by atoms with Crippen LogP contribution in [0.15, 0.2) is 109 Å². The van der Waals surface area contributed by atoms with Gasteiger partial charge < -0.3 is 9.72 Å². The average molecular weight is 488 g/mol. The molecule has 3 aromatic carbocycles. The van der Waals surface area contributed by atoms with Crippen molar-refractivity contribution in [2.45, 2.75) is 38.5 Å². The van der Waals surface area contributed by atoms with Crippen molar-refractivity contribution >= 4 is 11.6 Å². The monoisotopic (exact) mass is 487 g/mol. The number of carbonyl (C=O) groups excluding carboxylic acids is 1. The van der Waals surface area contributed by atoms with Gasteiger partial charge in [-0.2, -0.15) is 0 Å². The van der Waals surface area contributed by atoms with Gasteiger partial charge in [-0.05, 0) is 54.2 Å². The number of hydrogen-bond donors (Lipinski definition) is 1. The van der Waals surface area contributed by atoms with E-state index >= 15 is 0 Å². The number of carbonyl (C=O) groups is 1. The molecule has 5 aromatic rings. The summed E-state index contributed by atoms with van der Waals surface area (Å²) in [7, 11) is 0. The molecule has 37 heavy (non-hydrogen) atoms. The van der Waals surface area contributed by atoms with Crippen LogP contribution in [0.2, 0.25) is 0 Å². The molecular weight excluding hydrogens is 454 g/mol. The Morgan fingerprint density at radius 3 is 2.08 bits per heavy atom. The van der Waals surface area contributed by atoms with E-state index in [4.69, 9.17) is 0 Å². The van der Waals surface area contributed by atoms with Crippen molar-refractivity contribution in [3.8, 4) is 0 Å². The minimum Gasteiger partial charge on any atom is -0.356 e. The van der Waals surface area contributed by atoms with Gasteiger partial charge in [-0.15, -0.1) is 0 Å². The van der Waals surface area contributed by atoms with E-state index in [9.17, 15) is 4.79 Å². The average Bonchev–Trinajstić information content (AvgIpc) is 3.37. The Hall–Kier alpha value is -4.18. The summed E-state index contributed by atoms with van der Waals surface area (Å²) in [6.45, 7) is 4.79. The number of aromatic nitrogens is 2. The first-order valence-corrected chi connectivity index (χ1v) is 13.0. The number of fused-ring (bicyclic) bond motifs is 1. The molecule has 0 aliphatic carbocycles. The Bertz CT molecular complexity index is 1430. The molecule has 0 saturated carbocycles. The predicted octanol–water partition coefficient (Wildman–Crippen LogP) is 6.81. The topological polar surface area (TPSA) is 46.4 Å². The Morgan fingerprint density at radius 1 is 0.784 bits per heavy atom. The highest BCUT2D eigenvalue weighted by atomic mass is 16.1. The number of pyridine rings is 1. The van der Waals surface area contributed by atoms with E-state index in [0.717, 1.165) is 28.9 Å². The molecule has 0 aliphatic rings. The van der Waals surface area contributed by atoms with Crippen LogP contribution in [-0.4, -0.2) is 21.8 Å². The molecule has 0 bridgehead atoms.